The fraction of sp³-hybridized carbons (Fsp3) is 0.654. The molecule has 0 bridgehead atoms. The van der Waals surface area contributed by atoms with E-state index in [9.17, 15) is 4.79 Å². The normalized spacial score (nSPS) is 30.4. The molecule has 0 radical (unpaired) electrons. The number of rotatable bonds is 7. The van der Waals surface area contributed by atoms with E-state index in [4.69, 9.17) is 0 Å². The lowest BCUT2D eigenvalue weighted by Crippen LogP contribution is -2.49. The number of likely N-dealkylation sites (N-methyl/N-ethyl adjacent to an activating group) is 1. The first-order valence-electron chi connectivity index (χ1n) is 12.1. The zero-order valence-corrected chi connectivity index (χ0v) is 18.7. The van der Waals surface area contributed by atoms with Crippen LogP contribution < -0.4 is 10.6 Å². The van der Waals surface area contributed by atoms with Gasteiger partial charge in [-0.05, 0) is 56.1 Å². The molecule has 30 heavy (non-hydrogen) atoms. The second kappa shape index (κ2) is 9.45. The summed E-state index contributed by atoms with van der Waals surface area (Å²) in [4.78, 5) is 15.1. The Morgan fingerprint density at radius 1 is 1.07 bits per heavy atom. The van der Waals surface area contributed by atoms with Crippen molar-refractivity contribution in [2.75, 3.05) is 12.4 Å². The van der Waals surface area contributed by atoms with Gasteiger partial charge in [0.25, 0.3) is 5.91 Å². The number of benzene rings is 1. The molecule has 4 nitrogen and oxygen atoms in total. The minimum atomic E-state index is -0.442. The summed E-state index contributed by atoms with van der Waals surface area (Å²) in [5, 5.41) is 7.31. The van der Waals surface area contributed by atoms with Crippen LogP contribution in [0.5, 0.6) is 0 Å². The molecule has 1 heterocycles. The van der Waals surface area contributed by atoms with Gasteiger partial charge in [-0.2, -0.15) is 0 Å². The van der Waals surface area contributed by atoms with Crippen molar-refractivity contribution in [1.29, 1.82) is 0 Å². The molecule has 3 aliphatic rings. The van der Waals surface area contributed by atoms with Crippen LogP contribution in [0.4, 0.5) is 5.69 Å². The van der Waals surface area contributed by atoms with E-state index in [1.807, 2.05) is 7.05 Å². The highest BCUT2D eigenvalue weighted by Crippen LogP contribution is 2.40. The molecular formula is C26H39N3O. The lowest BCUT2D eigenvalue weighted by molar-refractivity contribution is -0.132. The molecule has 4 heteroatoms. The third-order valence-corrected chi connectivity index (χ3v) is 7.77. The molecule has 0 spiro atoms. The molecule has 1 aliphatic heterocycles. The molecule has 1 saturated heterocycles. The average Bonchev–Trinajstić information content (AvgIpc) is 2.98. The number of hydrogen-bond acceptors (Lipinski definition) is 3. The molecule has 1 aromatic carbocycles. The van der Waals surface area contributed by atoms with Gasteiger partial charge in [0, 0.05) is 18.8 Å². The molecule has 164 valence electrons. The number of amides is 1. The van der Waals surface area contributed by atoms with E-state index in [0.717, 1.165) is 37.4 Å². The summed E-state index contributed by atoms with van der Waals surface area (Å²) in [5.41, 5.74) is 0.765. The second-order valence-electron chi connectivity index (χ2n) is 10.0. The predicted octanol–water partition coefficient (Wildman–Crippen LogP) is 5.68. The van der Waals surface area contributed by atoms with Crippen molar-refractivity contribution in [2.45, 2.75) is 88.6 Å². The summed E-state index contributed by atoms with van der Waals surface area (Å²) in [6.45, 7) is 4.12. The lowest BCUT2D eigenvalue weighted by atomic mass is 9.74. The second-order valence-corrected chi connectivity index (χ2v) is 10.0. The monoisotopic (exact) mass is 409 g/mol. The van der Waals surface area contributed by atoms with Crippen molar-refractivity contribution in [3.63, 3.8) is 0 Å². The number of para-hydroxylation sites is 1. The quantitative estimate of drug-likeness (QED) is 0.609. The maximum Gasteiger partial charge on any atom is 0.253 e. The summed E-state index contributed by atoms with van der Waals surface area (Å²) in [5.74, 6) is 2.38. The summed E-state index contributed by atoms with van der Waals surface area (Å²) >= 11 is 0. The van der Waals surface area contributed by atoms with E-state index in [-0.39, 0.29) is 5.91 Å². The minimum absolute atomic E-state index is 0.237. The Morgan fingerprint density at radius 2 is 1.80 bits per heavy atom. The molecule has 4 rings (SSSR count). The van der Waals surface area contributed by atoms with Crippen LogP contribution in [0.1, 0.15) is 77.0 Å². The van der Waals surface area contributed by atoms with Crippen molar-refractivity contribution in [2.24, 2.45) is 11.8 Å². The number of nitrogens with zero attached hydrogens (tertiary/aromatic N) is 1. The Labute approximate surface area is 182 Å². The van der Waals surface area contributed by atoms with Gasteiger partial charge in [0.15, 0.2) is 0 Å². The van der Waals surface area contributed by atoms with E-state index in [1.165, 1.54) is 57.1 Å². The Hall–Kier alpha value is -1.97. The first kappa shape index (κ1) is 21.3. The van der Waals surface area contributed by atoms with E-state index in [1.54, 1.807) is 4.90 Å². The van der Waals surface area contributed by atoms with Gasteiger partial charge in [-0.1, -0.05) is 69.7 Å². The van der Waals surface area contributed by atoms with Crippen LogP contribution >= 0.6 is 0 Å². The predicted molar refractivity (Wildman–Crippen MR) is 124 cm³/mol. The van der Waals surface area contributed by atoms with Crippen LogP contribution in [0.3, 0.4) is 0 Å². The van der Waals surface area contributed by atoms with Gasteiger partial charge in [0.2, 0.25) is 0 Å². The van der Waals surface area contributed by atoms with Crippen LogP contribution in [0, 0.1) is 11.8 Å². The molecule has 2 saturated carbocycles. The van der Waals surface area contributed by atoms with Gasteiger partial charge < -0.3 is 15.5 Å². The fourth-order valence-electron chi connectivity index (χ4n) is 6.06. The molecule has 3 fully saturated rings. The molecule has 0 aromatic heterocycles. The zero-order chi connectivity index (χ0) is 21.0. The summed E-state index contributed by atoms with van der Waals surface area (Å²) in [7, 11) is 1.88. The smallest absolute Gasteiger partial charge is 0.253 e. The Balaban J connectivity index is 1.41. The molecular weight excluding hydrogens is 370 g/mol. The number of nitrogens with one attached hydrogen (secondary N) is 2. The van der Waals surface area contributed by atoms with Crippen LogP contribution in [-0.4, -0.2) is 29.4 Å². The van der Waals surface area contributed by atoms with E-state index >= 15 is 0 Å². The van der Waals surface area contributed by atoms with Gasteiger partial charge in [-0.3, -0.25) is 4.79 Å². The molecule has 1 aromatic rings. The van der Waals surface area contributed by atoms with Gasteiger partial charge >= 0.3 is 0 Å². The first-order valence-corrected chi connectivity index (χ1v) is 12.1. The van der Waals surface area contributed by atoms with Crippen molar-refractivity contribution >= 4 is 11.6 Å². The minimum Gasteiger partial charge on any atom is -0.382 e. The SMILES string of the molecule is C=C1N[C@](CCC2CCCCC2)(C[C@H]2CCC[C@@H](Nc3ccccc3)C2)C(=O)N1C. The Morgan fingerprint density at radius 3 is 2.50 bits per heavy atom. The van der Waals surface area contributed by atoms with Crippen LogP contribution in [-0.2, 0) is 4.79 Å². The van der Waals surface area contributed by atoms with E-state index in [2.05, 4.69) is 47.5 Å². The van der Waals surface area contributed by atoms with Crippen molar-refractivity contribution < 1.29 is 4.79 Å². The highest BCUT2D eigenvalue weighted by molar-refractivity contribution is 5.90. The molecule has 3 atom stereocenters. The topological polar surface area (TPSA) is 44.4 Å². The molecule has 2 N–H and O–H groups in total. The van der Waals surface area contributed by atoms with Gasteiger partial charge in [-0.25, -0.2) is 0 Å². The summed E-state index contributed by atoms with van der Waals surface area (Å²) in [6, 6.07) is 11.0. The van der Waals surface area contributed by atoms with E-state index < -0.39 is 5.54 Å². The van der Waals surface area contributed by atoms with Gasteiger partial charge in [0.05, 0.1) is 0 Å². The largest absolute Gasteiger partial charge is 0.382 e. The molecule has 0 unspecified atom stereocenters. The van der Waals surface area contributed by atoms with E-state index in [0.29, 0.717) is 12.0 Å². The van der Waals surface area contributed by atoms with Crippen molar-refractivity contribution in [3.8, 4) is 0 Å². The number of hydrogen-bond donors (Lipinski definition) is 2. The number of carbonyl (C=O) groups excluding carboxylic acids is 1. The van der Waals surface area contributed by atoms with Crippen LogP contribution in [0.2, 0.25) is 0 Å². The van der Waals surface area contributed by atoms with Gasteiger partial charge in [0.1, 0.15) is 11.4 Å². The fourth-order valence-corrected chi connectivity index (χ4v) is 6.06. The molecule has 1 amide bonds. The molecule has 2 aliphatic carbocycles. The standard InChI is InChI=1S/C26H39N3O/c1-20-28-26(25(30)29(20)2,17-16-21-10-5-3-6-11-21)19-22-12-9-15-24(18-22)27-23-13-7-4-8-14-23/h4,7-8,13-14,21-22,24,27-28H,1,3,5-6,9-12,15-19H2,2H3/t22-,24+,26+/m0/s1. The lowest BCUT2D eigenvalue weighted by Gasteiger charge is -2.37. The highest BCUT2D eigenvalue weighted by atomic mass is 16.2. The highest BCUT2D eigenvalue weighted by Gasteiger charge is 2.48. The Bertz CT molecular complexity index is 727. The van der Waals surface area contributed by atoms with Crippen molar-refractivity contribution in [3.05, 3.63) is 42.7 Å². The first-order chi connectivity index (χ1) is 14.6. The average molecular weight is 410 g/mol. The number of anilines is 1. The number of carbonyl (C=O) groups is 1. The summed E-state index contributed by atoms with van der Waals surface area (Å²) < 4.78 is 0. The maximum absolute atomic E-state index is 13.3. The zero-order valence-electron chi connectivity index (χ0n) is 18.7. The van der Waals surface area contributed by atoms with Gasteiger partial charge in [-0.15, -0.1) is 0 Å². The Kier molecular flexibility index (Phi) is 6.70. The third-order valence-electron chi connectivity index (χ3n) is 7.77. The third kappa shape index (κ3) is 4.84. The van der Waals surface area contributed by atoms with Crippen LogP contribution in [0.25, 0.3) is 0 Å². The van der Waals surface area contributed by atoms with Crippen LogP contribution in [0.15, 0.2) is 42.7 Å². The maximum atomic E-state index is 13.3. The van der Waals surface area contributed by atoms with Crippen molar-refractivity contribution in [1.82, 2.24) is 10.2 Å². The summed E-state index contributed by atoms with van der Waals surface area (Å²) in [6.07, 6.45) is 14.7.